The Balaban J connectivity index is 1.32. The lowest BCUT2D eigenvalue weighted by atomic mass is 9.77. The van der Waals surface area contributed by atoms with Gasteiger partial charge in [0.15, 0.2) is 11.5 Å². The Morgan fingerprint density at radius 3 is 3.00 bits per heavy atom. The largest absolute Gasteiger partial charge is 0.454 e. The van der Waals surface area contributed by atoms with Crippen LogP contribution < -0.4 is 9.47 Å². The van der Waals surface area contributed by atoms with Gasteiger partial charge in [0.1, 0.15) is 6.33 Å². The molecule has 1 aromatic carbocycles. The minimum Gasteiger partial charge on any atom is -0.454 e. The van der Waals surface area contributed by atoms with Crippen LogP contribution in [0.5, 0.6) is 11.5 Å². The fourth-order valence-electron chi connectivity index (χ4n) is 4.05. The van der Waals surface area contributed by atoms with Crippen molar-refractivity contribution in [2.24, 2.45) is 5.41 Å². The number of likely N-dealkylation sites (tertiary alicyclic amines) is 1. The SMILES string of the molecule is C[C@@]1(Cc2ccc3c(c2)OCO3)CCCN(CCCn2cnnn2)C1. The van der Waals surface area contributed by atoms with E-state index in [1.807, 2.05) is 6.07 Å². The second-order valence-electron chi connectivity index (χ2n) is 7.48. The minimum absolute atomic E-state index is 0.306. The van der Waals surface area contributed by atoms with Crippen LogP contribution >= 0.6 is 0 Å². The van der Waals surface area contributed by atoms with Gasteiger partial charge in [0, 0.05) is 13.1 Å². The van der Waals surface area contributed by atoms with E-state index in [1.165, 1.54) is 24.9 Å². The molecule has 0 spiro atoms. The molecule has 1 aromatic heterocycles. The van der Waals surface area contributed by atoms with Crippen molar-refractivity contribution in [3.05, 3.63) is 30.1 Å². The molecule has 1 fully saturated rings. The van der Waals surface area contributed by atoms with Crippen LogP contribution in [-0.2, 0) is 13.0 Å². The molecule has 2 aliphatic rings. The number of fused-ring (bicyclic) bond motifs is 1. The highest BCUT2D eigenvalue weighted by atomic mass is 16.7. The Hall–Kier alpha value is -2.15. The molecule has 2 aliphatic heterocycles. The fraction of sp³-hybridized carbons (Fsp3) is 0.611. The van der Waals surface area contributed by atoms with Crippen LogP contribution in [0.3, 0.4) is 0 Å². The molecule has 7 heteroatoms. The monoisotopic (exact) mass is 343 g/mol. The van der Waals surface area contributed by atoms with E-state index < -0.39 is 0 Å². The number of rotatable bonds is 6. The average molecular weight is 343 g/mol. The van der Waals surface area contributed by atoms with Crippen molar-refractivity contribution in [2.45, 2.75) is 39.2 Å². The highest BCUT2D eigenvalue weighted by Gasteiger charge is 2.31. The van der Waals surface area contributed by atoms with E-state index in [0.717, 1.165) is 44.0 Å². The summed E-state index contributed by atoms with van der Waals surface area (Å²) >= 11 is 0. The molecule has 0 N–H and O–H groups in total. The predicted molar refractivity (Wildman–Crippen MR) is 92.5 cm³/mol. The second-order valence-corrected chi connectivity index (χ2v) is 7.48. The second kappa shape index (κ2) is 7.00. The third-order valence-corrected chi connectivity index (χ3v) is 5.18. The van der Waals surface area contributed by atoms with E-state index in [1.54, 1.807) is 11.0 Å². The van der Waals surface area contributed by atoms with Crippen LogP contribution in [0.1, 0.15) is 31.7 Å². The summed E-state index contributed by atoms with van der Waals surface area (Å²) < 4.78 is 12.7. The third-order valence-electron chi connectivity index (χ3n) is 5.18. The summed E-state index contributed by atoms with van der Waals surface area (Å²) in [6.07, 6.45) is 6.36. The van der Waals surface area contributed by atoms with Gasteiger partial charge in [0.25, 0.3) is 0 Å². The molecule has 1 atom stereocenters. The summed E-state index contributed by atoms with van der Waals surface area (Å²) in [5.74, 6) is 1.75. The number of aromatic nitrogens is 4. The van der Waals surface area contributed by atoms with Crippen molar-refractivity contribution >= 4 is 0 Å². The first-order valence-corrected chi connectivity index (χ1v) is 9.02. The molecule has 0 amide bonds. The maximum atomic E-state index is 5.52. The van der Waals surface area contributed by atoms with E-state index in [0.29, 0.717) is 12.2 Å². The van der Waals surface area contributed by atoms with Gasteiger partial charge in [-0.05, 0) is 72.3 Å². The average Bonchev–Trinajstić information content (AvgIpc) is 3.25. The molecule has 2 aromatic rings. The van der Waals surface area contributed by atoms with Crippen molar-refractivity contribution in [1.29, 1.82) is 0 Å². The summed E-state index contributed by atoms with van der Waals surface area (Å²) in [7, 11) is 0. The van der Waals surface area contributed by atoms with Crippen LogP contribution in [0.15, 0.2) is 24.5 Å². The van der Waals surface area contributed by atoms with Crippen LogP contribution in [-0.4, -0.2) is 51.5 Å². The molecular formula is C18H25N5O2. The number of hydrogen-bond donors (Lipinski definition) is 0. The van der Waals surface area contributed by atoms with Crippen LogP contribution in [0.25, 0.3) is 0 Å². The molecule has 0 aliphatic carbocycles. The first kappa shape index (κ1) is 16.3. The Bertz CT molecular complexity index is 705. The zero-order valence-electron chi connectivity index (χ0n) is 14.7. The van der Waals surface area contributed by atoms with Gasteiger partial charge in [0.05, 0.1) is 0 Å². The molecule has 4 rings (SSSR count). The summed E-state index contributed by atoms with van der Waals surface area (Å²) in [5, 5.41) is 11.3. The molecule has 25 heavy (non-hydrogen) atoms. The lowest BCUT2D eigenvalue weighted by Gasteiger charge is -2.41. The minimum atomic E-state index is 0.306. The van der Waals surface area contributed by atoms with Gasteiger partial charge < -0.3 is 14.4 Å². The van der Waals surface area contributed by atoms with Crippen LogP contribution in [0.4, 0.5) is 0 Å². The predicted octanol–water partition coefficient (Wildman–Crippen LogP) is 2.14. The van der Waals surface area contributed by atoms with Crippen molar-refractivity contribution in [1.82, 2.24) is 25.1 Å². The number of benzene rings is 1. The number of ether oxygens (including phenoxy) is 2. The molecular weight excluding hydrogens is 318 g/mol. The molecule has 1 saturated heterocycles. The zero-order chi connectivity index (χ0) is 17.1. The lowest BCUT2D eigenvalue weighted by Crippen LogP contribution is -2.43. The summed E-state index contributed by atoms with van der Waals surface area (Å²) in [5.41, 5.74) is 1.64. The highest BCUT2D eigenvalue weighted by Crippen LogP contribution is 2.37. The van der Waals surface area contributed by atoms with E-state index in [4.69, 9.17) is 9.47 Å². The Morgan fingerprint density at radius 1 is 1.20 bits per heavy atom. The van der Waals surface area contributed by atoms with Gasteiger partial charge in [-0.15, -0.1) is 5.10 Å². The Labute approximate surface area is 147 Å². The van der Waals surface area contributed by atoms with Crippen molar-refractivity contribution in [2.75, 3.05) is 26.4 Å². The molecule has 3 heterocycles. The van der Waals surface area contributed by atoms with Crippen molar-refractivity contribution in [3.8, 4) is 11.5 Å². The van der Waals surface area contributed by atoms with Crippen molar-refractivity contribution in [3.63, 3.8) is 0 Å². The molecule has 134 valence electrons. The number of tetrazole rings is 1. The van der Waals surface area contributed by atoms with Gasteiger partial charge in [-0.3, -0.25) is 0 Å². The number of nitrogens with zero attached hydrogens (tertiary/aromatic N) is 5. The van der Waals surface area contributed by atoms with Gasteiger partial charge in [-0.1, -0.05) is 13.0 Å². The Morgan fingerprint density at radius 2 is 2.12 bits per heavy atom. The fourth-order valence-corrected chi connectivity index (χ4v) is 4.05. The summed E-state index contributed by atoms with van der Waals surface area (Å²) in [6, 6.07) is 6.35. The van der Waals surface area contributed by atoms with Gasteiger partial charge >= 0.3 is 0 Å². The highest BCUT2D eigenvalue weighted by molar-refractivity contribution is 5.44. The smallest absolute Gasteiger partial charge is 0.231 e. The van der Waals surface area contributed by atoms with Gasteiger partial charge in [-0.2, -0.15) is 0 Å². The van der Waals surface area contributed by atoms with Gasteiger partial charge in [0.2, 0.25) is 6.79 Å². The van der Waals surface area contributed by atoms with E-state index in [2.05, 4.69) is 39.5 Å². The van der Waals surface area contributed by atoms with E-state index in [-0.39, 0.29) is 0 Å². The van der Waals surface area contributed by atoms with Crippen LogP contribution in [0.2, 0.25) is 0 Å². The molecule has 0 bridgehead atoms. The molecule has 0 unspecified atom stereocenters. The molecule has 7 nitrogen and oxygen atoms in total. The summed E-state index contributed by atoms with van der Waals surface area (Å²) in [4.78, 5) is 2.58. The van der Waals surface area contributed by atoms with Crippen LogP contribution in [0, 0.1) is 5.41 Å². The normalized spacial score (nSPS) is 23.1. The number of hydrogen-bond acceptors (Lipinski definition) is 6. The zero-order valence-corrected chi connectivity index (χ0v) is 14.7. The van der Waals surface area contributed by atoms with Gasteiger partial charge in [-0.25, -0.2) is 4.68 Å². The Kier molecular flexibility index (Phi) is 4.57. The number of aryl methyl sites for hydroxylation is 1. The molecule has 0 saturated carbocycles. The standard InChI is InChI=1S/C18H25N5O2/c1-18(11-15-4-5-16-17(10-15)25-14-24-16)6-2-7-22(12-18)8-3-9-23-13-19-20-21-23/h4-5,10,13H,2-3,6-9,11-12,14H2,1H3/t18-/m0/s1. The lowest BCUT2D eigenvalue weighted by molar-refractivity contribution is 0.100. The quantitative estimate of drug-likeness (QED) is 0.801. The maximum Gasteiger partial charge on any atom is 0.231 e. The number of piperidine rings is 1. The third kappa shape index (κ3) is 3.92. The maximum absolute atomic E-state index is 5.52. The van der Waals surface area contributed by atoms with E-state index in [9.17, 15) is 0 Å². The first-order valence-electron chi connectivity index (χ1n) is 9.02. The first-order chi connectivity index (χ1) is 12.2. The van der Waals surface area contributed by atoms with Crippen molar-refractivity contribution < 1.29 is 9.47 Å². The molecule has 0 radical (unpaired) electrons. The topological polar surface area (TPSA) is 65.3 Å². The van der Waals surface area contributed by atoms with E-state index >= 15 is 0 Å². The summed E-state index contributed by atoms with van der Waals surface area (Å²) in [6.45, 7) is 7.04.